The molecule has 3 aromatic rings. The summed E-state index contributed by atoms with van der Waals surface area (Å²) in [4.78, 5) is 38.2. The third kappa shape index (κ3) is 6.13. The van der Waals surface area contributed by atoms with Crippen LogP contribution in [0.2, 0.25) is 5.02 Å². The van der Waals surface area contributed by atoms with Crippen molar-refractivity contribution >= 4 is 68.1 Å². The van der Waals surface area contributed by atoms with Crippen molar-refractivity contribution in [2.24, 2.45) is 0 Å². The Morgan fingerprint density at radius 3 is 2.61 bits per heavy atom. The summed E-state index contributed by atoms with van der Waals surface area (Å²) in [6.45, 7) is -0.349. The van der Waals surface area contributed by atoms with Crippen molar-refractivity contribution in [2.45, 2.75) is 6.61 Å². The summed E-state index contributed by atoms with van der Waals surface area (Å²) in [5.74, 6) is -2.66. The zero-order valence-corrected chi connectivity index (χ0v) is 21.4. The molecule has 3 amide bonds. The smallest absolute Gasteiger partial charge is 0.294 e. The molecule has 1 saturated heterocycles. The van der Waals surface area contributed by atoms with E-state index in [1.165, 1.54) is 6.08 Å². The average molecular weight is 594 g/mol. The molecule has 1 aliphatic rings. The van der Waals surface area contributed by atoms with Crippen molar-refractivity contribution in [3.63, 3.8) is 0 Å². The standard InChI is InChI=1S/C25H16BrClF2N2O4S/c26-17-9-14(5-8-21(17)35-13-15-3-1-2-4-18(15)27)10-22-24(33)31(25(34)36-22)12-23(32)30-20-7-6-16(28)11-19(20)29/h1-11H,12-13H2,(H,30,32)/b22-10+. The number of ether oxygens (including phenoxy) is 1. The minimum atomic E-state index is -0.970. The van der Waals surface area contributed by atoms with Crippen LogP contribution in [0.4, 0.5) is 19.3 Å². The fourth-order valence-electron chi connectivity index (χ4n) is 3.21. The van der Waals surface area contributed by atoms with E-state index >= 15 is 0 Å². The zero-order valence-electron chi connectivity index (χ0n) is 18.3. The number of carbonyl (C=O) groups excluding carboxylic acids is 3. The van der Waals surface area contributed by atoms with Crippen LogP contribution >= 0.6 is 39.3 Å². The Kier molecular flexibility index (Phi) is 8.07. The summed E-state index contributed by atoms with van der Waals surface area (Å²) in [5.41, 5.74) is 1.19. The largest absolute Gasteiger partial charge is 0.488 e. The van der Waals surface area contributed by atoms with Crippen molar-refractivity contribution in [1.82, 2.24) is 4.90 Å². The molecule has 0 unspecified atom stereocenters. The van der Waals surface area contributed by atoms with Crippen LogP contribution in [0.25, 0.3) is 6.08 Å². The average Bonchev–Trinajstić information content (AvgIpc) is 3.08. The number of nitrogens with one attached hydrogen (secondary N) is 1. The highest BCUT2D eigenvalue weighted by Gasteiger charge is 2.36. The topological polar surface area (TPSA) is 75.7 Å². The third-order valence-corrected chi connectivity index (χ3v) is 6.87. The fourth-order valence-corrected chi connectivity index (χ4v) is 4.75. The van der Waals surface area contributed by atoms with Gasteiger partial charge in [-0.3, -0.25) is 19.3 Å². The molecule has 0 spiro atoms. The number of thioether (sulfide) groups is 1. The van der Waals surface area contributed by atoms with Gasteiger partial charge >= 0.3 is 0 Å². The van der Waals surface area contributed by atoms with Crippen LogP contribution in [0.15, 0.2) is 70.0 Å². The molecule has 0 aromatic heterocycles. The molecule has 0 aliphatic carbocycles. The third-order valence-electron chi connectivity index (χ3n) is 4.98. The van der Waals surface area contributed by atoms with Gasteiger partial charge < -0.3 is 10.1 Å². The summed E-state index contributed by atoms with van der Waals surface area (Å²) in [6, 6.07) is 15.1. The second-order valence-electron chi connectivity index (χ2n) is 7.51. The summed E-state index contributed by atoms with van der Waals surface area (Å²) in [7, 11) is 0. The quantitative estimate of drug-likeness (QED) is 0.311. The number of rotatable bonds is 7. The maximum Gasteiger partial charge on any atom is 0.294 e. The molecular formula is C25H16BrClF2N2O4S. The number of anilines is 1. The molecule has 184 valence electrons. The van der Waals surface area contributed by atoms with Gasteiger partial charge in [-0.15, -0.1) is 0 Å². The fraction of sp³-hybridized carbons (Fsp3) is 0.0800. The van der Waals surface area contributed by atoms with Gasteiger partial charge in [-0.1, -0.05) is 35.9 Å². The summed E-state index contributed by atoms with van der Waals surface area (Å²) < 4.78 is 33.2. The maximum atomic E-state index is 13.8. The molecule has 1 fully saturated rings. The summed E-state index contributed by atoms with van der Waals surface area (Å²) in [6.07, 6.45) is 1.52. The van der Waals surface area contributed by atoms with Gasteiger partial charge in [0.05, 0.1) is 15.1 Å². The lowest BCUT2D eigenvalue weighted by atomic mass is 10.2. The van der Waals surface area contributed by atoms with Crippen molar-refractivity contribution in [2.75, 3.05) is 11.9 Å². The molecule has 4 rings (SSSR count). The van der Waals surface area contributed by atoms with Crippen molar-refractivity contribution < 1.29 is 27.9 Å². The van der Waals surface area contributed by atoms with E-state index in [0.717, 1.165) is 22.6 Å². The van der Waals surface area contributed by atoms with Crippen LogP contribution in [-0.4, -0.2) is 28.5 Å². The van der Waals surface area contributed by atoms with Crippen LogP contribution in [0, 0.1) is 11.6 Å². The Morgan fingerprint density at radius 1 is 1.11 bits per heavy atom. The second-order valence-corrected chi connectivity index (χ2v) is 9.76. The first-order chi connectivity index (χ1) is 17.2. The second kappa shape index (κ2) is 11.2. The number of carbonyl (C=O) groups is 3. The molecule has 0 atom stereocenters. The number of hydrogen-bond acceptors (Lipinski definition) is 5. The first-order valence-electron chi connectivity index (χ1n) is 10.4. The molecule has 0 saturated carbocycles. The van der Waals surface area contributed by atoms with Crippen LogP contribution in [-0.2, 0) is 16.2 Å². The van der Waals surface area contributed by atoms with E-state index in [1.54, 1.807) is 24.3 Å². The molecule has 11 heteroatoms. The van der Waals surface area contributed by atoms with E-state index in [0.29, 0.717) is 38.6 Å². The lowest BCUT2D eigenvalue weighted by Crippen LogP contribution is -2.36. The number of imide groups is 1. The van der Waals surface area contributed by atoms with E-state index in [2.05, 4.69) is 21.2 Å². The Morgan fingerprint density at radius 2 is 1.89 bits per heavy atom. The van der Waals surface area contributed by atoms with E-state index in [-0.39, 0.29) is 17.2 Å². The molecule has 1 heterocycles. The highest BCUT2D eigenvalue weighted by atomic mass is 79.9. The Bertz CT molecular complexity index is 1400. The lowest BCUT2D eigenvalue weighted by Gasteiger charge is -2.13. The first-order valence-corrected chi connectivity index (χ1v) is 12.4. The number of halogens is 4. The highest BCUT2D eigenvalue weighted by Crippen LogP contribution is 2.34. The van der Waals surface area contributed by atoms with Crippen LogP contribution in [0.3, 0.4) is 0 Å². The Labute approximate surface area is 222 Å². The highest BCUT2D eigenvalue weighted by molar-refractivity contribution is 9.10. The number of hydrogen-bond donors (Lipinski definition) is 1. The number of amides is 3. The molecular weight excluding hydrogens is 578 g/mol. The zero-order chi connectivity index (χ0) is 25.8. The molecule has 3 aromatic carbocycles. The lowest BCUT2D eigenvalue weighted by molar-refractivity contribution is -0.127. The SMILES string of the molecule is O=C(CN1C(=O)S/C(=C/c2ccc(OCc3ccccc3Cl)c(Br)c2)C1=O)Nc1ccc(F)cc1F. The molecule has 1 aliphatic heterocycles. The van der Waals surface area contributed by atoms with E-state index in [4.69, 9.17) is 16.3 Å². The predicted octanol–water partition coefficient (Wildman–Crippen LogP) is 6.63. The molecule has 6 nitrogen and oxygen atoms in total. The van der Waals surface area contributed by atoms with Gasteiger partial charge in [0, 0.05) is 16.7 Å². The molecule has 0 bridgehead atoms. The van der Waals surface area contributed by atoms with Crippen LogP contribution in [0.1, 0.15) is 11.1 Å². The van der Waals surface area contributed by atoms with E-state index < -0.39 is 35.2 Å². The Balaban J connectivity index is 1.41. The monoisotopic (exact) mass is 592 g/mol. The van der Waals surface area contributed by atoms with Gasteiger partial charge in [-0.05, 0) is 69.7 Å². The Hall–Kier alpha value is -3.21. The number of nitrogens with zero attached hydrogens (tertiary/aromatic N) is 1. The molecule has 36 heavy (non-hydrogen) atoms. The van der Waals surface area contributed by atoms with Crippen LogP contribution < -0.4 is 10.1 Å². The van der Waals surface area contributed by atoms with Crippen LogP contribution in [0.5, 0.6) is 5.75 Å². The molecule has 0 radical (unpaired) electrons. The van der Waals surface area contributed by atoms with Gasteiger partial charge in [0.15, 0.2) is 0 Å². The maximum absolute atomic E-state index is 13.8. The van der Waals surface area contributed by atoms with E-state index in [9.17, 15) is 23.2 Å². The van der Waals surface area contributed by atoms with Gasteiger partial charge in [0.25, 0.3) is 11.1 Å². The van der Waals surface area contributed by atoms with Gasteiger partial charge in [-0.25, -0.2) is 8.78 Å². The molecule has 1 N–H and O–H groups in total. The summed E-state index contributed by atoms with van der Waals surface area (Å²) >= 11 is 10.3. The summed E-state index contributed by atoms with van der Waals surface area (Å²) in [5, 5.41) is 2.18. The van der Waals surface area contributed by atoms with Crippen molar-refractivity contribution in [3.8, 4) is 5.75 Å². The van der Waals surface area contributed by atoms with Crippen molar-refractivity contribution in [3.05, 3.63) is 97.8 Å². The van der Waals surface area contributed by atoms with Gasteiger partial charge in [0.1, 0.15) is 30.5 Å². The van der Waals surface area contributed by atoms with Gasteiger partial charge in [0.2, 0.25) is 5.91 Å². The van der Waals surface area contributed by atoms with E-state index in [1.807, 2.05) is 18.2 Å². The number of benzene rings is 3. The minimum Gasteiger partial charge on any atom is -0.488 e. The first kappa shape index (κ1) is 25.9. The minimum absolute atomic E-state index is 0.123. The van der Waals surface area contributed by atoms with Gasteiger partial charge in [-0.2, -0.15) is 0 Å². The normalized spacial score (nSPS) is 14.4. The predicted molar refractivity (Wildman–Crippen MR) is 138 cm³/mol. The van der Waals surface area contributed by atoms with Crippen molar-refractivity contribution in [1.29, 1.82) is 0 Å².